The number of nitrogens with zero attached hydrogens (tertiary/aromatic N) is 1. The SMILES string of the molecule is COc1ccc(C=NNC(=O)[C@@H](C)Oc2ccc(OCc3ccccc3)cc2)cc1OC. The highest BCUT2D eigenvalue weighted by Gasteiger charge is 2.14. The molecule has 0 aliphatic heterocycles. The van der Waals surface area contributed by atoms with Gasteiger partial charge in [-0.25, -0.2) is 5.43 Å². The number of ether oxygens (including phenoxy) is 4. The summed E-state index contributed by atoms with van der Waals surface area (Å²) in [6.45, 7) is 2.14. The summed E-state index contributed by atoms with van der Waals surface area (Å²) in [7, 11) is 3.13. The predicted molar refractivity (Wildman–Crippen MR) is 123 cm³/mol. The van der Waals surface area contributed by atoms with Gasteiger partial charge in [0, 0.05) is 0 Å². The van der Waals surface area contributed by atoms with Crippen molar-refractivity contribution >= 4 is 12.1 Å². The standard InChI is InChI=1S/C25H26N2O5/c1-18(25(28)27-26-16-20-9-14-23(29-2)24(15-20)30-3)32-22-12-10-21(11-13-22)31-17-19-7-5-4-6-8-19/h4-16,18H,17H2,1-3H3,(H,27,28)/t18-/m1/s1. The third-order valence-electron chi connectivity index (χ3n) is 4.55. The zero-order valence-electron chi connectivity index (χ0n) is 18.3. The summed E-state index contributed by atoms with van der Waals surface area (Å²) in [4.78, 5) is 12.3. The van der Waals surface area contributed by atoms with Gasteiger partial charge in [-0.05, 0) is 60.5 Å². The van der Waals surface area contributed by atoms with Crippen LogP contribution in [0.25, 0.3) is 0 Å². The molecule has 1 atom stereocenters. The molecule has 0 spiro atoms. The fourth-order valence-corrected chi connectivity index (χ4v) is 2.81. The minimum atomic E-state index is -0.728. The second-order valence-corrected chi connectivity index (χ2v) is 6.85. The molecule has 3 aromatic rings. The molecule has 0 aliphatic carbocycles. The first-order valence-corrected chi connectivity index (χ1v) is 10.1. The van der Waals surface area contributed by atoms with Crippen molar-refractivity contribution in [1.82, 2.24) is 5.43 Å². The van der Waals surface area contributed by atoms with E-state index in [1.165, 1.54) is 6.21 Å². The van der Waals surface area contributed by atoms with E-state index >= 15 is 0 Å². The maximum Gasteiger partial charge on any atom is 0.280 e. The molecular formula is C25H26N2O5. The molecule has 1 N–H and O–H groups in total. The fraction of sp³-hybridized carbons (Fsp3) is 0.200. The van der Waals surface area contributed by atoms with Crippen LogP contribution in [0.15, 0.2) is 77.9 Å². The lowest BCUT2D eigenvalue weighted by Crippen LogP contribution is -2.33. The lowest BCUT2D eigenvalue weighted by Gasteiger charge is -2.13. The van der Waals surface area contributed by atoms with Crippen molar-refractivity contribution < 1.29 is 23.7 Å². The lowest BCUT2D eigenvalue weighted by molar-refractivity contribution is -0.127. The molecule has 0 radical (unpaired) electrons. The Morgan fingerprint density at radius 1 is 0.938 bits per heavy atom. The van der Waals surface area contributed by atoms with E-state index in [4.69, 9.17) is 18.9 Å². The molecular weight excluding hydrogens is 408 g/mol. The van der Waals surface area contributed by atoms with Crippen molar-refractivity contribution in [3.63, 3.8) is 0 Å². The number of hydrogen-bond acceptors (Lipinski definition) is 6. The highest BCUT2D eigenvalue weighted by atomic mass is 16.5. The fourth-order valence-electron chi connectivity index (χ4n) is 2.81. The number of nitrogens with one attached hydrogen (secondary N) is 1. The Morgan fingerprint density at radius 3 is 2.31 bits per heavy atom. The highest BCUT2D eigenvalue weighted by Crippen LogP contribution is 2.26. The van der Waals surface area contributed by atoms with E-state index < -0.39 is 6.10 Å². The topological polar surface area (TPSA) is 78.4 Å². The van der Waals surface area contributed by atoms with Gasteiger partial charge in [0.15, 0.2) is 17.6 Å². The molecule has 1 amide bonds. The predicted octanol–water partition coefficient (Wildman–Crippen LogP) is 4.20. The van der Waals surface area contributed by atoms with Crippen LogP contribution in [-0.2, 0) is 11.4 Å². The van der Waals surface area contributed by atoms with Crippen molar-refractivity contribution in [1.29, 1.82) is 0 Å². The van der Waals surface area contributed by atoms with Gasteiger partial charge in [0.1, 0.15) is 18.1 Å². The van der Waals surface area contributed by atoms with Crippen LogP contribution in [0.2, 0.25) is 0 Å². The first-order valence-electron chi connectivity index (χ1n) is 10.1. The molecule has 0 unspecified atom stereocenters. The number of carbonyl (C=O) groups is 1. The van der Waals surface area contributed by atoms with Crippen molar-refractivity contribution in [2.45, 2.75) is 19.6 Å². The summed E-state index contributed by atoms with van der Waals surface area (Å²) < 4.78 is 21.9. The maximum atomic E-state index is 12.3. The van der Waals surface area contributed by atoms with Gasteiger partial charge in [-0.15, -0.1) is 0 Å². The average Bonchev–Trinajstić information content (AvgIpc) is 2.84. The highest BCUT2D eigenvalue weighted by molar-refractivity contribution is 5.84. The third-order valence-corrected chi connectivity index (χ3v) is 4.55. The molecule has 0 saturated carbocycles. The van der Waals surface area contributed by atoms with E-state index in [1.54, 1.807) is 63.6 Å². The summed E-state index contributed by atoms with van der Waals surface area (Å²) in [6.07, 6.45) is 0.791. The van der Waals surface area contributed by atoms with Gasteiger partial charge < -0.3 is 18.9 Å². The summed E-state index contributed by atoms with van der Waals surface area (Å²) >= 11 is 0. The number of methoxy groups -OCH3 is 2. The molecule has 7 heteroatoms. The Morgan fingerprint density at radius 2 is 1.62 bits per heavy atom. The average molecular weight is 434 g/mol. The number of benzene rings is 3. The van der Waals surface area contributed by atoms with Crippen LogP contribution in [-0.4, -0.2) is 32.4 Å². The Balaban J connectivity index is 1.48. The minimum Gasteiger partial charge on any atom is -0.493 e. The molecule has 0 aliphatic rings. The van der Waals surface area contributed by atoms with Gasteiger partial charge in [0.05, 0.1) is 20.4 Å². The lowest BCUT2D eigenvalue weighted by atomic mass is 10.2. The number of amides is 1. The minimum absolute atomic E-state index is 0.369. The summed E-state index contributed by atoms with van der Waals surface area (Å²) in [6, 6.07) is 22.4. The van der Waals surface area contributed by atoms with Crippen molar-refractivity contribution in [2.75, 3.05) is 14.2 Å². The van der Waals surface area contributed by atoms with Crippen LogP contribution in [0.1, 0.15) is 18.1 Å². The van der Waals surface area contributed by atoms with Crippen LogP contribution in [0.5, 0.6) is 23.0 Å². The quantitative estimate of drug-likeness (QED) is 0.382. The van der Waals surface area contributed by atoms with E-state index in [1.807, 2.05) is 30.3 Å². The van der Waals surface area contributed by atoms with Crippen LogP contribution in [0, 0.1) is 0 Å². The normalized spacial score (nSPS) is 11.6. The van der Waals surface area contributed by atoms with Crippen LogP contribution < -0.4 is 24.4 Å². The van der Waals surface area contributed by atoms with Crippen LogP contribution in [0.3, 0.4) is 0 Å². The van der Waals surface area contributed by atoms with E-state index in [2.05, 4.69) is 10.5 Å². The smallest absolute Gasteiger partial charge is 0.280 e. The molecule has 0 heterocycles. The third kappa shape index (κ3) is 6.50. The van der Waals surface area contributed by atoms with Crippen LogP contribution in [0.4, 0.5) is 0 Å². The van der Waals surface area contributed by atoms with Gasteiger partial charge in [-0.3, -0.25) is 4.79 Å². The largest absolute Gasteiger partial charge is 0.493 e. The van der Waals surface area contributed by atoms with Crippen molar-refractivity contribution in [3.05, 3.63) is 83.9 Å². The van der Waals surface area contributed by atoms with Crippen LogP contribution >= 0.6 is 0 Å². The maximum absolute atomic E-state index is 12.3. The molecule has 0 saturated heterocycles. The monoisotopic (exact) mass is 434 g/mol. The molecule has 3 rings (SSSR count). The number of hydrogen-bond donors (Lipinski definition) is 1. The molecule has 0 bridgehead atoms. The van der Waals surface area contributed by atoms with E-state index in [0.717, 1.165) is 16.9 Å². The zero-order valence-corrected chi connectivity index (χ0v) is 18.3. The molecule has 0 aromatic heterocycles. The Hall–Kier alpha value is -4.00. The van der Waals surface area contributed by atoms with Gasteiger partial charge in [-0.1, -0.05) is 30.3 Å². The van der Waals surface area contributed by atoms with Crippen molar-refractivity contribution in [3.8, 4) is 23.0 Å². The first kappa shape index (κ1) is 22.7. The summed E-state index contributed by atoms with van der Waals surface area (Å²) in [5, 5.41) is 3.98. The van der Waals surface area contributed by atoms with Gasteiger partial charge in [0.25, 0.3) is 5.91 Å². The molecule has 166 valence electrons. The summed E-state index contributed by atoms with van der Waals surface area (Å²) in [5.74, 6) is 2.11. The van der Waals surface area contributed by atoms with E-state index in [-0.39, 0.29) is 5.91 Å². The van der Waals surface area contributed by atoms with E-state index in [0.29, 0.717) is 23.9 Å². The van der Waals surface area contributed by atoms with Gasteiger partial charge in [0.2, 0.25) is 0 Å². The second-order valence-electron chi connectivity index (χ2n) is 6.85. The number of carbonyl (C=O) groups excluding carboxylic acids is 1. The second kappa shape index (κ2) is 11.4. The Kier molecular flexibility index (Phi) is 8.09. The summed E-state index contributed by atoms with van der Waals surface area (Å²) in [5.41, 5.74) is 4.32. The Labute approximate surface area is 187 Å². The molecule has 3 aromatic carbocycles. The van der Waals surface area contributed by atoms with Gasteiger partial charge in [-0.2, -0.15) is 5.10 Å². The zero-order chi connectivity index (χ0) is 22.8. The Bertz CT molecular complexity index is 1040. The van der Waals surface area contributed by atoms with Gasteiger partial charge >= 0.3 is 0 Å². The van der Waals surface area contributed by atoms with E-state index in [9.17, 15) is 4.79 Å². The molecule has 0 fully saturated rings. The molecule has 32 heavy (non-hydrogen) atoms. The first-order chi connectivity index (χ1) is 15.6. The number of hydrazone groups is 1. The number of rotatable bonds is 10. The molecule has 7 nitrogen and oxygen atoms in total. The van der Waals surface area contributed by atoms with Crippen molar-refractivity contribution in [2.24, 2.45) is 5.10 Å².